The molecule has 1 aromatic carbocycles. The van der Waals surface area contributed by atoms with Crippen LogP contribution < -0.4 is 10.5 Å². The monoisotopic (exact) mass is 304 g/mol. The van der Waals surface area contributed by atoms with Crippen LogP contribution in [0.3, 0.4) is 0 Å². The third kappa shape index (κ3) is 4.47. The van der Waals surface area contributed by atoms with Crippen LogP contribution in [0.15, 0.2) is 24.3 Å². The maximum atomic E-state index is 12.4. The zero-order chi connectivity index (χ0) is 16.1. The van der Waals surface area contributed by atoms with Gasteiger partial charge in [-0.25, -0.2) is 0 Å². The molecule has 0 aromatic heterocycles. The standard InChI is InChI=1S/C18H28N2O2/c1-13(2)12-22-17-6-4-15(5-7-17)9-18(21)20-11-16(10-19)8-14(20)3/h4-7,13-14,16H,8-12,19H2,1-3H3. The highest BCUT2D eigenvalue weighted by atomic mass is 16.5. The average Bonchev–Trinajstić information content (AvgIpc) is 2.87. The third-order valence-corrected chi connectivity index (χ3v) is 4.18. The molecule has 4 heteroatoms. The van der Waals surface area contributed by atoms with Crippen molar-refractivity contribution in [3.63, 3.8) is 0 Å². The molecule has 0 bridgehead atoms. The molecule has 1 aliphatic heterocycles. The molecular weight excluding hydrogens is 276 g/mol. The van der Waals surface area contributed by atoms with Crippen LogP contribution in [0.2, 0.25) is 0 Å². The summed E-state index contributed by atoms with van der Waals surface area (Å²) in [6.45, 7) is 8.53. The summed E-state index contributed by atoms with van der Waals surface area (Å²) < 4.78 is 5.66. The third-order valence-electron chi connectivity index (χ3n) is 4.18. The maximum absolute atomic E-state index is 12.4. The highest BCUT2D eigenvalue weighted by Crippen LogP contribution is 2.23. The van der Waals surface area contributed by atoms with Crippen molar-refractivity contribution in [3.05, 3.63) is 29.8 Å². The summed E-state index contributed by atoms with van der Waals surface area (Å²) >= 11 is 0. The number of amides is 1. The van der Waals surface area contributed by atoms with Gasteiger partial charge in [-0.1, -0.05) is 26.0 Å². The van der Waals surface area contributed by atoms with E-state index in [1.807, 2.05) is 29.2 Å². The van der Waals surface area contributed by atoms with Crippen molar-refractivity contribution < 1.29 is 9.53 Å². The van der Waals surface area contributed by atoms with Crippen molar-refractivity contribution in [2.75, 3.05) is 19.7 Å². The van der Waals surface area contributed by atoms with Crippen LogP contribution in [-0.2, 0) is 11.2 Å². The normalized spacial score (nSPS) is 21.4. The molecule has 0 aliphatic carbocycles. The number of rotatable bonds is 6. The molecule has 4 nitrogen and oxygen atoms in total. The molecule has 22 heavy (non-hydrogen) atoms. The Kier molecular flexibility index (Phi) is 5.83. The van der Waals surface area contributed by atoms with E-state index in [2.05, 4.69) is 20.8 Å². The Bertz CT molecular complexity index is 484. The van der Waals surface area contributed by atoms with Crippen molar-refractivity contribution >= 4 is 5.91 Å². The van der Waals surface area contributed by atoms with Crippen LogP contribution in [0.25, 0.3) is 0 Å². The Morgan fingerprint density at radius 1 is 1.36 bits per heavy atom. The molecule has 122 valence electrons. The van der Waals surface area contributed by atoms with Crippen molar-refractivity contribution in [3.8, 4) is 5.75 Å². The number of hydrogen-bond donors (Lipinski definition) is 1. The van der Waals surface area contributed by atoms with Crippen LogP contribution in [0.1, 0.15) is 32.8 Å². The minimum Gasteiger partial charge on any atom is -0.493 e. The largest absolute Gasteiger partial charge is 0.493 e. The lowest BCUT2D eigenvalue weighted by molar-refractivity contribution is -0.131. The van der Waals surface area contributed by atoms with Gasteiger partial charge >= 0.3 is 0 Å². The van der Waals surface area contributed by atoms with Crippen LogP contribution in [0.5, 0.6) is 5.75 Å². The molecule has 1 amide bonds. The molecule has 2 unspecified atom stereocenters. The maximum Gasteiger partial charge on any atom is 0.227 e. The summed E-state index contributed by atoms with van der Waals surface area (Å²) in [6.07, 6.45) is 1.47. The highest BCUT2D eigenvalue weighted by Gasteiger charge is 2.31. The molecule has 1 saturated heterocycles. The Morgan fingerprint density at radius 3 is 2.59 bits per heavy atom. The van der Waals surface area contributed by atoms with Crippen LogP contribution >= 0.6 is 0 Å². The fourth-order valence-electron chi connectivity index (χ4n) is 2.90. The molecule has 2 atom stereocenters. The van der Waals surface area contributed by atoms with Crippen LogP contribution in [0, 0.1) is 11.8 Å². The number of nitrogens with two attached hydrogens (primary N) is 1. The second kappa shape index (κ2) is 7.63. The molecule has 1 aromatic rings. The molecule has 1 fully saturated rings. The van der Waals surface area contributed by atoms with Crippen molar-refractivity contribution in [2.24, 2.45) is 17.6 Å². The van der Waals surface area contributed by atoms with E-state index in [1.165, 1.54) is 0 Å². The molecule has 0 spiro atoms. The Balaban J connectivity index is 1.89. The first kappa shape index (κ1) is 16.8. The van der Waals surface area contributed by atoms with Gasteiger partial charge in [0.25, 0.3) is 0 Å². The van der Waals surface area contributed by atoms with Gasteiger partial charge < -0.3 is 15.4 Å². The predicted molar refractivity (Wildman–Crippen MR) is 88.8 cm³/mol. The minimum absolute atomic E-state index is 0.194. The summed E-state index contributed by atoms with van der Waals surface area (Å²) in [5.74, 6) is 2.01. The minimum atomic E-state index is 0.194. The van der Waals surface area contributed by atoms with Crippen LogP contribution in [-0.4, -0.2) is 36.5 Å². The average molecular weight is 304 g/mol. The predicted octanol–water partition coefficient (Wildman–Crippen LogP) is 2.46. The Hall–Kier alpha value is -1.55. The van der Waals surface area contributed by atoms with Gasteiger partial charge in [0.05, 0.1) is 13.0 Å². The number of carbonyl (C=O) groups is 1. The van der Waals surface area contributed by atoms with Gasteiger partial charge in [-0.3, -0.25) is 4.79 Å². The number of hydrogen-bond acceptors (Lipinski definition) is 3. The quantitative estimate of drug-likeness (QED) is 0.878. The Labute approximate surface area is 133 Å². The summed E-state index contributed by atoms with van der Waals surface area (Å²) in [5.41, 5.74) is 6.76. The van der Waals surface area contributed by atoms with Gasteiger partial charge in [0.1, 0.15) is 5.75 Å². The number of carbonyl (C=O) groups excluding carboxylic acids is 1. The number of likely N-dealkylation sites (tertiary alicyclic amines) is 1. The summed E-state index contributed by atoms with van der Waals surface area (Å²) in [6, 6.07) is 8.15. The van der Waals surface area contributed by atoms with E-state index in [0.717, 1.165) is 24.3 Å². The van der Waals surface area contributed by atoms with Gasteiger partial charge in [0.15, 0.2) is 0 Å². The van der Waals surface area contributed by atoms with E-state index in [1.54, 1.807) is 0 Å². The fraction of sp³-hybridized carbons (Fsp3) is 0.611. The summed E-state index contributed by atoms with van der Waals surface area (Å²) in [4.78, 5) is 14.4. The SMILES string of the molecule is CC(C)COc1ccc(CC(=O)N2CC(CN)CC2C)cc1. The first-order valence-corrected chi connectivity index (χ1v) is 8.20. The molecular formula is C18H28N2O2. The van der Waals surface area contributed by atoms with Crippen molar-refractivity contribution in [1.29, 1.82) is 0 Å². The van der Waals surface area contributed by atoms with E-state index in [-0.39, 0.29) is 5.91 Å². The molecule has 1 heterocycles. The van der Waals surface area contributed by atoms with Gasteiger partial charge in [-0.2, -0.15) is 0 Å². The zero-order valence-corrected chi connectivity index (χ0v) is 13.9. The topological polar surface area (TPSA) is 55.6 Å². The van der Waals surface area contributed by atoms with E-state index in [9.17, 15) is 4.79 Å². The van der Waals surface area contributed by atoms with Gasteiger partial charge in [-0.05, 0) is 49.4 Å². The first-order chi connectivity index (χ1) is 10.5. The van der Waals surface area contributed by atoms with Gasteiger partial charge in [0, 0.05) is 12.6 Å². The highest BCUT2D eigenvalue weighted by molar-refractivity contribution is 5.79. The molecule has 2 N–H and O–H groups in total. The first-order valence-electron chi connectivity index (χ1n) is 8.20. The fourth-order valence-corrected chi connectivity index (χ4v) is 2.90. The zero-order valence-electron chi connectivity index (χ0n) is 13.9. The van der Waals surface area contributed by atoms with Crippen molar-refractivity contribution in [1.82, 2.24) is 4.90 Å². The number of ether oxygens (including phenoxy) is 1. The van der Waals surface area contributed by atoms with E-state index >= 15 is 0 Å². The summed E-state index contributed by atoms with van der Waals surface area (Å²) in [7, 11) is 0. The van der Waals surface area contributed by atoms with Crippen molar-refractivity contribution in [2.45, 2.75) is 39.7 Å². The van der Waals surface area contributed by atoms with Gasteiger partial charge in [0.2, 0.25) is 5.91 Å². The lowest BCUT2D eigenvalue weighted by atomic mass is 10.1. The molecule has 0 radical (unpaired) electrons. The second-order valence-electron chi connectivity index (χ2n) is 6.76. The lowest BCUT2D eigenvalue weighted by Gasteiger charge is -2.21. The molecule has 1 aliphatic rings. The molecule has 0 saturated carbocycles. The van der Waals surface area contributed by atoms with E-state index in [0.29, 0.717) is 37.5 Å². The lowest BCUT2D eigenvalue weighted by Crippen LogP contribution is -2.35. The Morgan fingerprint density at radius 2 is 2.05 bits per heavy atom. The van der Waals surface area contributed by atoms with E-state index < -0.39 is 0 Å². The van der Waals surface area contributed by atoms with E-state index in [4.69, 9.17) is 10.5 Å². The van der Waals surface area contributed by atoms with Gasteiger partial charge in [-0.15, -0.1) is 0 Å². The number of nitrogens with zero attached hydrogens (tertiary/aromatic N) is 1. The van der Waals surface area contributed by atoms with Crippen LogP contribution in [0.4, 0.5) is 0 Å². The number of benzene rings is 1. The second-order valence-corrected chi connectivity index (χ2v) is 6.76. The smallest absolute Gasteiger partial charge is 0.227 e. The summed E-state index contributed by atoms with van der Waals surface area (Å²) in [5, 5.41) is 0. The molecule has 2 rings (SSSR count).